The SMILES string of the molecule is CCCCCCCC/C=C\CCCCCCCCP(=O)(CCCCCCCC/C=C\CCCCCCCC)CCCCCCCC/C=C\CCCCCCCC. The highest BCUT2D eigenvalue weighted by Gasteiger charge is 2.20. The highest BCUT2D eigenvalue weighted by molar-refractivity contribution is 7.63. The van der Waals surface area contributed by atoms with E-state index in [9.17, 15) is 4.57 Å². The number of unbranched alkanes of at least 4 members (excludes halogenated alkanes) is 36. The maximum Gasteiger partial charge on any atom is 0.0877 e. The Kier molecular flexibility index (Phi) is 48.3. The second kappa shape index (κ2) is 48.8. The number of hydrogen-bond acceptors (Lipinski definition) is 1. The average Bonchev–Trinajstić information content (AvgIpc) is 3.20. The molecular formula is C54H105OP. The monoisotopic (exact) mass is 801 g/mol. The van der Waals surface area contributed by atoms with Crippen LogP contribution in [0.3, 0.4) is 0 Å². The van der Waals surface area contributed by atoms with Crippen LogP contribution in [0, 0.1) is 0 Å². The van der Waals surface area contributed by atoms with Gasteiger partial charge in [-0.05, 0) is 96.3 Å². The minimum Gasteiger partial charge on any atom is -0.324 e. The lowest BCUT2D eigenvalue weighted by molar-refractivity contribution is 0.554. The van der Waals surface area contributed by atoms with Gasteiger partial charge in [-0.25, -0.2) is 0 Å². The molecule has 0 N–H and O–H groups in total. The summed E-state index contributed by atoms with van der Waals surface area (Å²) in [4.78, 5) is 0. The Balaban J connectivity index is 4.19. The van der Waals surface area contributed by atoms with Crippen molar-refractivity contribution >= 4 is 7.14 Å². The van der Waals surface area contributed by atoms with Crippen LogP contribution in [0.2, 0.25) is 0 Å². The third kappa shape index (κ3) is 46.1. The van der Waals surface area contributed by atoms with Gasteiger partial charge < -0.3 is 4.57 Å². The zero-order valence-corrected chi connectivity index (χ0v) is 40.0. The van der Waals surface area contributed by atoms with E-state index in [1.807, 2.05) is 0 Å². The zero-order chi connectivity index (χ0) is 40.6. The van der Waals surface area contributed by atoms with E-state index in [0.717, 1.165) is 18.5 Å². The number of rotatable bonds is 48. The first-order valence-electron chi connectivity index (χ1n) is 26.2. The summed E-state index contributed by atoms with van der Waals surface area (Å²) < 4.78 is 14.2. The normalized spacial score (nSPS) is 12.4. The van der Waals surface area contributed by atoms with Gasteiger partial charge in [-0.1, -0.05) is 231 Å². The summed E-state index contributed by atoms with van der Waals surface area (Å²) >= 11 is 0. The Morgan fingerprint density at radius 1 is 0.232 bits per heavy atom. The second-order valence-electron chi connectivity index (χ2n) is 18.0. The molecule has 0 aromatic heterocycles. The standard InChI is InChI=1S/C54H105OP/c1-4-7-10-13-16-19-22-25-28-31-34-37-40-43-46-49-52-56(55,53-50-47-44-41-38-35-32-29-26-23-20-17-14-11-8-5-2)54-51-48-45-42-39-36-33-30-27-24-21-18-15-12-9-6-3/h25-30H,4-24,31-54H2,1-3H3/b28-25-,29-26-,30-27-. The minimum atomic E-state index is -2.01. The highest BCUT2D eigenvalue weighted by Crippen LogP contribution is 2.48. The van der Waals surface area contributed by atoms with Gasteiger partial charge in [-0.15, -0.1) is 0 Å². The smallest absolute Gasteiger partial charge is 0.0877 e. The van der Waals surface area contributed by atoms with Gasteiger partial charge in [0.2, 0.25) is 0 Å². The molecular weight excluding hydrogens is 696 g/mol. The van der Waals surface area contributed by atoms with Gasteiger partial charge in [-0.2, -0.15) is 0 Å². The van der Waals surface area contributed by atoms with Gasteiger partial charge in [-0.3, -0.25) is 0 Å². The summed E-state index contributed by atoms with van der Waals surface area (Å²) in [5, 5.41) is 0. The van der Waals surface area contributed by atoms with Crippen molar-refractivity contribution < 1.29 is 4.57 Å². The Morgan fingerprint density at radius 2 is 0.393 bits per heavy atom. The summed E-state index contributed by atoms with van der Waals surface area (Å²) in [6.07, 6.45) is 74.2. The Bertz CT molecular complexity index is 745. The molecule has 56 heavy (non-hydrogen) atoms. The molecule has 0 aromatic rings. The first kappa shape index (κ1) is 55.5. The Labute approximate surface area is 355 Å². The molecule has 0 heterocycles. The highest BCUT2D eigenvalue weighted by atomic mass is 31.2. The molecule has 0 saturated heterocycles. The lowest BCUT2D eigenvalue weighted by Crippen LogP contribution is -2.02. The maximum absolute atomic E-state index is 14.2. The summed E-state index contributed by atoms with van der Waals surface area (Å²) in [7, 11) is -2.01. The average molecular weight is 801 g/mol. The van der Waals surface area contributed by atoms with E-state index < -0.39 is 7.14 Å². The van der Waals surface area contributed by atoms with Crippen LogP contribution in [-0.4, -0.2) is 18.5 Å². The van der Waals surface area contributed by atoms with Crippen molar-refractivity contribution in [1.82, 2.24) is 0 Å². The first-order chi connectivity index (χ1) is 27.7. The maximum atomic E-state index is 14.2. The van der Waals surface area contributed by atoms with E-state index in [2.05, 4.69) is 57.2 Å². The fourth-order valence-electron chi connectivity index (χ4n) is 8.28. The van der Waals surface area contributed by atoms with Crippen LogP contribution in [0.4, 0.5) is 0 Å². The molecule has 0 spiro atoms. The predicted octanol–water partition coefficient (Wildman–Crippen LogP) is 20.5. The third-order valence-corrected chi connectivity index (χ3v) is 15.6. The van der Waals surface area contributed by atoms with Crippen LogP contribution < -0.4 is 0 Å². The number of allylic oxidation sites excluding steroid dienone is 6. The molecule has 0 aliphatic rings. The Morgan fingerprint density at radius 3 is 0.589 bits per heavy atom. The molecule has 0 amide bonds. The topological polar surface area (TPSA) is 17.1 Å². The molecule has 2 heteroatoms. The van der Waals surface area contributed by atoms with Gasteiger partial charge in [0.05, 0.1) is 7.14 Å². The van der Waals surface area contributed by atoms with Crippen LogP contribution >= 0.6 is 7.14 Å². The fourth-order valence-corrected chi connectivity index (χ4v) is 11.3. The van der Waals surface area contributed by atoms with Gasteiger partial charge >= 0.3 is 0 Å². The van der Waals surface area contributed by atoms with Gasteiger partial charge in [0.15, 0.2) is 0 Å². The molecule has 0 bridgehead atoms. The zero-order valence-electron chi connectivity index (χ0n) is 39.1. The molecule has 0 aliphatic heterocycles. The molecule has 332 valence electrons. The summed E-state index contributed by atoms with van der Waals surface area (Å²) in [6.45, 7) is 6.89. The van der Waals surface area contributed by atoms with Crippen molar-refractivity contribution in [3.8, 4) is 0 Å². The fraction of sp³-hybridized carbons (Fsp3) is 0.889. The second-order valence-corrected chi connectivity index (χ2v) is 21.5. The van der Waals surface area contributed by atoms with Gasteiger partial charge in [0.1, 0.15) is 0 Å². The summed E-state index contributed by atoms with van der Waals surface area (Å²) in [6, 6.07) is 0. The van der Waals surface area contributed by atoms with Crippen LogP contribution in [0.1, 0.15) is 290 Å². The van der Waals surface area contributed by atoms with E-state index in [0.29, 0.717) is 0 Å². The van der Waals surface area contributed by atoms with Crippen LogP contribution in [-0.2, 0) is 4.57 Å². The lowest BCUT2D eigenvalue weighted by Gasteiger charge is -2.19. The molecule has 0 saturated carbocycles. The molecule has 0 fully saturated rings. The molecule has 0 radical (unpaired) electrons. The van der Waals surface area contributed by atoms with E-state index in [1.165, 1.54) is 270 Å². The Hall–Kier alpha value is -0.550. The quantitative estimate of drug-likeness (QED) is 0.0340. The lowest BCUT2D eigenvalue weighted by atomic mass is 10.1. The third-order valence-electron chi connectivity index (χ3n) is 12.2. The predicted molar refractivity (Wildman–Crippen MR) is 261 cm³/mol. The van der Waals surface area contributed by atoms with E-state index >= 15 is 0 Å². The molecule has 0 rings (SSSR count). The largest absolute Gasteiger partial charge is 0.324 e. The number of hydrogen-bond donors (Lipinski definition) is 0. The summed E-state index contributed by atoms with van der Waals surface area (Å²) in [5.41, 5.74) is 0. The molecule has 0 atom stereocenters. The van der Waals surface area contributed by atoms with E-state index in [1.54, 1.807) is 0 Å². The van der Waals surface area contributed by atoms with E-state index in [4.69, 9.17) is 0 Å². The van der Waals surface area contributed by atoms with Crippen molar-refractivity contribution in [2.24, 2.45) is 0 Å². The van der Waals surface area contributed by atoms with Crippen LogP contribution in [0.25, 0.3) is 0 Å². The molecule has 1 nitrogen and oxygen atoms in total. The van der Waals surface area contributed by atoms with Crippen molar-refractivity contribution in [3.63, 3.8) is 0 Å². The van der Waals surface area contributed by atoms with E-state index in [-0.39, 0.29) is 0 Å². The molecule has 0 aromatic carbocycles. The molecule has 0 unspecified atom stereocenters. The van der Waals surface area contributed by atoms with Crippen LogP contribution in [0.5, 0.6) is 0 Å². The van der Waals surface area contributed by atoms with Gasteiger partial charge in [0.25, 0.3) is 0 Å². The van der Waals surface area contributed by atoms with Crippen molar-refractivity contribution in [2.45, 2.75) is 290 Å². The minimum absolute atomic E-state index is 1.03. The van der Waals surface area contributed by atoms with Crippen LogP contribution in [0.15, 0.2) is 36.5 Å². The van der Waals surface area contributed by atoms with Crippen molar-refractivity contribution in [2.75, 3.05) is 18.5 Å². The van der Waals surface area contributed by atoms with Crippen molar-refractivity contribution in [1.29, 1.82) is 0 Å². The summed E-state index contributed by atoms with van der Waals surface area (Å²) in [5.74, 6) is 0. The van der Waals surface area contributed by atoms with Crippen molar-refractivity contribution in [3.05, 3.63) is 36.5 Å². The molecule has 0 aliphatic carbocycles. The van der Waals surface area contributed by atoms with Gasteiger partial charge in [0, 0.05) is 18.5 Å². The first-order valence-corrected chi connectivity index (χ1v) is 28.5.